The number of pyridine rings is 1. The van der Waals surface area contributed by atoms with E-state index < -0.39 is 15.9 Å². The van der Waals surface area contributed by atoms with Crippen LogP contribution in [-0.4, -0.2) is 52.5 Å². The van der Waals surface area contributed by atoms with E-state index in [1.807, 2.05) is 0 Å². The molecule has 1 aromatic heterocycles. The quantitative estimate of drug-likeness (QED) is 0.628. The molecule has 0 unspecified atom stereocenters. The predicted octanol–water partition coefficient (Wildman–Crippen LogP) is 2.87. The van der Waals surface area contributed by atoms with Crippen LogP contribution in [-0.2, 0) is 19.6 Å². The van der Waals surface area contributed by atoms with Gasteiger partial charge in [-0.1, -0.05) is 27.2 Å². The van der Waals surface area contributed by atoms with Gasteiger partial charge in [-0.25, -0.2) is 8.42 Å². The monoisotopic (exact) mass is 428 g/mol. The number of hydrogen-bond acceptors (Lipinski definition) is 7. The number of nitrogens with zero attached hydrogens (tertiary/aromatic N) is 2. The van der Waals surface area contributed by atoms with Gasteiger partial charge in [0.25, 0.3) is 5.91 Å². The number of rotatable bonds is 8. The SMILES string of the molecule is COc1ccc(N(C(=O)CO[C@@H]2C[C@H](C)CC[C@H]2C(C)C)S(C)(=O)=O)c(OC)n1. The van der Waals surface area contributed by atoms with Gasteiger partial charge in [0.2, 0.25) is 21.8 Å². The lowest BCUT2D eigenvalue weighted by atomic mass is 9.75. The fourth-order valence-electron chi connectivity index (χ4n) is 3.88. The summed E-state index contributed by atoms with van der Waals surface area (Å²) in [5, 5.41) is 0. The molecule has 1 aromatic rings. The summed E-state index contributed by atoms with van der Waals surface area (Å²) < 4.78 is 41.7. The zero-order valence-corrected chi connectivity index (χ0v) is 18.9. The van der Waals surface area contributed by atoms with Gasteiger partial charge in [0.1, 0.15) is 12.3 Å². The van der Waals surface area contributed by atoms with E-state index in [0.717, 1.165) is 25.5 Å². The smallest absolute Gasteiger partial charge is 0.266 e. The van der Waals surface area contributed by atoms with E-state index in [1.165, 1.54) is 26.4 Å². The molecule has 3 atom stereocenters. The Morgan fingerprint density at radius 2 is 1.93 bits per heavy atom. The Bertz CT molecular complexity index is 811. The standard InChI is InChI=1S/C20H32N2O6S/c1-13(2)15-8-7-14(3)11-17(15)28-12-19(23)22(29(6,24)25)16-9-10-18(26-4)21-20(16)27-5/h9-10,13-15,17H,7-8,11-12H2,1-6H3/t14-,15+,17-/m1/s1. The Morgan fingerprint density at radius 1 is 1.24 bits per heavy atom. The fraction of sp³-hybridized carbons (Fsp3) is 0.700. The molecule has 0 N–H and O–H groups in total. The van der Waals surface area contributed by atoms with Crippen LogP contribution in [0.2, 0.25) is 0 Å². The minimum Gasteiger partial charge on any atom is -0.481 e. The van der Waals surface area contributed by atoms with Crippen LogP contribution in [0, 0.1) is 17.8 Å². The molecule has 1 heterocycles. The number of ether oxygens (including phenoxy) is 3. The van der Waals surface area contributed by atoms with Crippen molar-refractivity contribution in [3.05, 3.63) is 12.1 Å². The lowest BCUT2D eigenvalue weighted by molar-refractivity contribution is -0.127. The molecule has 0 radical (unpaired) electrons. The first-order chi connectivity index (χ1) is 13.6. The van der Waals surface area contributed by atoms with E-state index in [-0.39, 0.29) is 30.2 Å². The molecule has 1 aliphatic rings. The summed E-state index contributed by atoms with van der Waals surface area (Å²) in [6, 6.07) is 2.91. The Morgan fingerprint density at radius 3 is 2.48 bits per heavy atom. The summed E-state index contributed by atoms with van der Waals surface area (Å²) in [5.74, 6) is 0.844. The molecule has 0 bridgehead atoms. The Kier molecular flexibility index (Phi) is 7.87. The van der Waals surface area contributed by atoms with Crippen LogP contribution in [0.1, 0.15) is 40.0 Å². The van der Waals surface area contributed by atoms with E-state index >= 15 is 0 Å². The molecule has 1 aliphatic carbocycles. The molecule has 8 nitrogen and oxygen atoms in total. The lowest BCUT2D eigenvalue weighted by Crippen LogP contribution is -2.42. The Hall–Kier alpha value is -1.87. The topological polar surface area (TPSA) is 95.0 Å². The Balaban J connectivity index is 2.24. The highest BCUT2D eigenvalue weighted by atomic mass is 32.2. The van der Waals surface area contributed by atoms with Crippen molar-refractivity contribution in [1.29, 1.82) is 0 Å². The molecule has 1 fully saturated rings. The summed E-state index contributed by atoms with van der Waals surface area (Å²) in [7, 11) is -1.13. The van der Waals surface area contributed by atoms with Gasteiger partial charge in [-0.05, 0) is 36.7 Å². The number of methoxy groups -OCH3 is 2. The van der Waals surface area contributed by atoms with Crippen LogP contribution >= 0.6 is 0 Å². The third-order valence-corrected chi connectivity index (χ3v) is 6.44. The van der Waals surface area contributed by atoms with Gasteiger partial charge in [-0.2, -0.15) is 9.29 Å². The van der Waals surface area contributed by atoms with Gasteiger partial charge >= 0.3 is 0 Å². The molecule has 0 saturated heterocycles. The van der Waals surface area contributed by atoms with Gasteiger partial charge in [-0.15, -0.1) is 0 Å². The van der Waals surface area contributed by atoms with Crippen molar-refractivity contribution in [1.82, 2.24) is 4.98 Å². The summed E-state index contributed by atoms with van der Waals surface area (Å²) >= 11 is 0. The van der Waals surface area contributed by atoms with Crippen LogP contribution in [0.15, 0.2) is 12.1 Å². The van der Waals surface area contributed by atoms with E-state index in [1.54, 1.807) is 0 Å². The molecule has 0 aromatic carbocycles. The molecule has 0 aliphatic heterocycles. The largest absolute Gasteiger partial charge is 0.481 e. The van der Waals surface area contributed by atoms with Crippen molar-refractivity contribution in [2.75, 3.05) is 31.4 Å². The first-order valence-electron chi connectivity index (χ1n) is 9.82. The van der Waals surface area contributed by atoms with Crippen LogP contribution in [0.4, 0.5) is 5.69 Å². The lowest BCUT2D eigenvalue weighted by Gasteiger charge is -2.37. The van der Waals surface area contributed by atoms with Crippen molar-refractivity contribution < 1.29 is 27.4 Å². The molecule has 0 spiro atoms. The minimum absolute atomic E-state index is 0.0190. The number of anilines is 1. The second-order valence-corrected chi connectivity index (χ2v) is 9.81. The highest BCUT2D eigenvalue weighted by molar-refractivity contribution is 7.92. The van der Waals surface area contributed by atoms with Crippen LogP contribution in [0.5, 0.6) is 11.8 Å². The number of carbonyl (C=O) groups excluding carboxylic acids is 1. The van der Waals surface area contributed by atoms with Gasteiger partial charge in [-0.3, -0.25) is 4.79 Å². The van der Waals surface area contributed by atoms with Gasteiger partial charge in [0, 0.05) is 6.07 Å². The third kappa shape index (κ3) is 5.82. The summed E-state index contributed by atoms with van der Waals surface area (Å²) in [5.41, 5.74) is 0.0295. The third-order valence-electron chi connectivity index (χ3n) is 5.38. The van der Waals surface area contributed by atoms with E-state index in [4.69, 9.17) is 14.2 Å². The predicted molar refractivity (Wildman–Crippen MR) is 111 cm³/mol. The first kappa shape index (κ1) is 23.4. The highest BCUT2D eigenvalue weighted by Gasteiger charge is 2.34. The molecule has 1 saturated carbocycles. The van der Waals surface area contributed by atoms with Gasteiger partial charge < -0.3 is 14.2 Å². The van der Waals surface area contributed by atoms with E-state index in [0.29, 0.717) is 22.1 Å². The van der Waals surface area contributed by atoms with Crippen LogP contribution in [0.3, 0.4) is 0 Å². The summed E-state index contributed by atoms with van der Waals surface area (Å²) in [6.07, 6.45) is 3.95. The second kappa shape index (κ2) is 9.75. The second-order valence-electron chi connectivity index (χ2n) is 7.98. The highest BCUT2D eigenvalue weighted by Crippen LogP contribution is 2.36. The number of hydrogen-bond donors (Lipinski definition) is 0. The first-order valence-corrected chi connectivity index (χ1v) is 11.7. The molecule has 2 rings (SSSR count). The van der Waals surface area contributed by atoms with Crippen LogP contribution in [0.25, 0.3) is 0 Å². The zero-order valence-electron chi connectivity index (χ0n) is 18.0. The van der Waals surface area contributed by atoms with Crippen LogP contribution < -0.4 is 13.8 Å². The average Bonchev–Trinajstić information content (AvgIpc) is 2.65. The molecular formula is C20H32N2O6S. The molecule has 1 amide bonds. The molecular weight excluding hydrogens is 396 g/mol. The molecule has 164 valence electrons. The average molecular weight is 429 g/mol. The maximum atomic E-state index is 12.9. The Labute approximate surface area is 173 Å². The van der Waals surface area contributed by atoms with E-state index in [9.17, 15) is 13.2 Å². The molecule has 29 heavy (non-hydrogen) atoms. The molecule has 9 heteroatoms. The van der Waals surface area contributed by atoms with Gasteiger partial charge in [0.15, 0.2) is 0 Å². The maximum absolute atomic E-state index is 12.9. The number of sulfonamides is 1. The van der Waals surface area contributed by atoms with Crippen molar-refractivity contribution in [3.63, 3.8) is 0 Å². The van der Waals surface area contributed by atoms with Crippen molar-refractivity contribution >= 4 is 21.6 Å². The fourth-order valence-corrected chi connectivity index (χ4v) is 4.79. The van der Waals surface area contributed by atoms with Crippen molar-refractivity contribution in [2.45, 2.75) is 46.1 Å². The maximum Gasteiger partial charge on any atom is 0.266 e. The minimum atomic E-state index is -3.92. The van der Waals surface area contributed by atoms with E-state index in [2.05, 4.69) is 25.8 Å². The normalized spacial score (nSPS) is 22.4. The summed E-state index contributed by atoms with van der Waals surface area (Å²) in [6.45, 7) is 6.14. The van der Waals surface area contributed by atoms with Crippen molar-refractivity contribution in [2.24, 2.45) is 17.8 Å². The van der Waals surface area contributed by atoms with Gasteiger partial charge in [0.05, 0.1) is 26.6 Å². The number of carbonyl (C=O) groups is 1. The summed E-state index contributed by atoms with van der Waals surface area (Å²) in [4.78, 5) is 17.0. The number of aromatic nitrogens is 1. The zero-order chi connectivity index (χ0) is 21.8. The number of amides is 1. The van der Waals surface area contributed by atoms with Crippen molar-refractivity contribution in [3.8, 4) is 11.8 Å².